The molecule has 5 heteroatoms. The van der Waals surface area contributed by atoms with E-state index in [1.807, 2.05) is 35.2 Å². The van der Waals surface area contributed by atoms with E-state index in [2.05, 4.69) is 13.8 Å². The summed E-state index contributed by atoms with van der Waals surface area (Å²) in [6, 6.07) is 9.56. The van der Waals surface area contributed by atoms with E-state index >= 15 is 0 Å². The molecule has 2 rings (SSSR count). The van der Waals surface area contributed by atoms with Crippen molar-refractivity contribution in [2.45, 2.75) is 38.8 Å². The van der Waals surface area contributed by atoms with Gasteiger partial charge in [-0.2, -0.15) is 0 Å². The summed E-state index contributed by atoms with van der Waals surface area (Å²) in [7, 11) is 0. The fourth-order valence-corrected chi connectivity index (χ4v) is 2.55. The van der Waals surface area contributed by atoms with Crippen molar-refractivity contribution in [2.75, 3.05) is 19.7 Å². The van der Waals surface area contributed by atoms with Crippen LogP contribution >= 0.6 is 12.4 Å². The lowest BCUT2D eigenvalue weighted by Gasteiger charge is -2.20. The van der Waals surface area contributed by atoms with Crippen molar-refractivity contribution >= 4 is 18.3 Å². The smallest absolute Gasteiger partial charge is 0.224 e. The normalized spacial score (nSPS) is 19.1. The number of nitrogens with zero attached hydrogens (tertiary/aromatic N) is 1. The Kier molecular flexibility index (Phi) is 7.87. The van der Waals surface area contributed by atoms with Crippen molar-refractivity contribution in [3.05, 3.63) is 35.9 Å². The van der Waals surface area contributed by atoms with Gasteiger partial charge in [0.25, 0.3) is 0 Å². The van der Waals surface area contributed by atoms with Crippen molar-refractivity contribution in [1.82, 2.24) is 4.90 Å². The van der Waals surface area contributed by atoms with Gasteiger partial charge in [0.05, 0.1) is 6.10 Å². The minimum atomic E-state index is -0.227. The van der Waals surface area contributed by atoms with Gasteiger partial charge in [0.2, 0.25) is 5.91 Å². The van der Waals surface area contributed by atoms with Gasteiger partial charge in [-0.1, -0.05) is 44.2 Å². The molecule has 2 unspecified atom stereocenters. The first-order valence-corrected chi connectivity index (χ1v) is 7.76. The van der Waals surface area contributed by atoms with E-state index in [1.54, 1.807) is 0 Å². The second-order valence-corrected chi connectivity index (χ2v) is 6.20. The Bertz CT molecular complexity index is 453. The Morgan fingerprint density at radius 1 is 1.36 bits per heavy atom. The zero-order valence-corrected chi connectivity index (χ0v) is 14.2. The monoisotopic (exact) mass is 326 g/mol. The van der Waals surface area contributed by atoms with E-state index in [-0.39, 0.29) is 30.5 Å². The van der Waals surface area contributed by atoms with Gasteiger partial charge in [0, 0.05) is 32.2 Å². The molecule has 22 heavy (non-hydrogen) atoms. The average molecular weight is 327 g/mol. The van der Waals surface area contributed by atoms with Gasteiger partial charge in [0.1, 0.15) is 0 Å². The number of hydrogen-bond donors (Lipinski definition) is 1. The average Bonchev–Trinajstić information content (AvgIpc) is 2.95. The first-order valence-electron chi connectivity index (χ1n) is 7.76. The molecule has 2 N–H and O–H groups in total. The standard InChI is InChI=1S/C17H26N2O2.ClH/c1-13(2)12-21-15-8-9-19(11-15)17(20)10-16(18)14-6-4-3-5-7-14;/h3-7,13,15-16H,8-12,18H2,1-2H3;1H. The summed E-state index contributed by atoms with van der Waals surface area (Å²) in [5.74, 6) is 0.656. The van der Waals surface area contributed by atoms with Gasteiger partial charge in [-0.25, -0.2) is 0 Å². The highest BCUT2D eigenvalue weighted by Gasteiger charge is 2.27. The highest BCUT2D eigenvalue weighted by atomic mass is 35.5. The van der Waals surface area contributed by atoms with Crippen LogP contribution in [0.4, 0.5) is 0 Å². The van der Waals surface area contributed by atoms with Crippen molar-refractivity contribution < 1.29 is 9.53 Å². The number of amides is 1. The number of ether oxygens (including phenoxy) is 1. The van der Waals surface area contributed by atoms with Gasteiger partial charge in [-0.05, 0) is 17.9 Å². The van der Waals surface area contributed by atoms with Gasteiger partial charge >= 0.3 is 0 Å². The van der Waals surface area contributed by atoms with Crippen LogP contribution in [0.3, 0.4) is 0 Å². The molecule has 124 valence electrons. The van der Waals surface area contributed by atoms with Crippen molar-refractivity contribution in [1.29, 1.82) is 0 Å². The van der Waals surface area contributed by atoms with Gasteiger partial charge in [-0.3, -0.25) is 4.79 Å². The number of benzene rings is 1. The second-order valence-electron chi connectivity index (χ2n) is 6.20. The predicted octanol–water partition coefficient (Wildman–Crippen LogP) is 2.77. The van der Waals surface area contributed by atoms with Crippen LogP contribution in [0.25, 0.3) is 0 Å². The van der Waals surface area contributed by atoms with Crippen molar-refractivity contribution in [3.8, 4) is 0 Å². The number of carbonyl (C=O) groups excluding carboxylic acids is 1. The molecule has 1 fully saturated rings. The summed E-state index contributed by atoms with van der Waals surface area (Å²) in [4.78, 5) is 14.2. The second kappa shape index (κ2) is 9.13. The summed E-state index contributed by atoms with van der Waals surface area (Å²) in [5.41, 5.74) is 7.13. The van der Waals surface area contributed by atoms with Crippen LogP contribution in [-0.2, 0) is 9.53 Å². The topological polar surface area (TPSA) is 55.6 Å². The van der Waals surface area contributed by atoms with Gasteiger partial charge in [-0.15, -0.1) is 12.4 Å². The third-order valence-corrected chi connectivity index (χ3v) is 3.79. The largest absolute Gasteiger partial charge is 0.376 e. The van der Waals surface area contributed by atoms with Crippen LogP contribution in [0.5, 0.6) is 0 Å². The number of carbonyl (C=O) groups is 1. The first kappa shape index (κ1) is 18.9. The zero-order chi connectivity index (χ0) is 15.2. The molecule has 0 saturated carbocycles. The molecule has 1 amide bonds. The molecule has 0 spiro atoms. The number of rotatable bonds is 6. The highest BCUT2D eigenvalue weighted by Crippen LogP contribution is 2.19. The molecular formula is C17H27ClN2O2. The van der Waals surface area contributed by atoms with Crippen LogP contribution in [-0.4, -0.2) is 36.6 Å². The Morgan fingerprint density at radius 2 is 2.05 bits per heavy atom. The fraction of sp³-hybridized carbons (Fsp3) is 0.588. The Labute approximate surface area is 139 Å². The van der Waals surface area contributed by atoms with E-state index < -0.39 is 0 Å². The first-order chi connectivity index (χ1) is 10.1. The maximum Gasteiger partial charge on any atom is 0.224 e. The molecule has 0 aliphatic carbocycles. The molecule has 0 radical (unpaired) electrons. The lowest BCUT2D eigenvalue weighted by Crippen LogP contribution is -2.32. The summed E-state index contributed by atoms with van der Waals surface area (Å²) in [6.45, 7) is 6.51. The van der Waals surface area contributed by atoms with Crippen molar-refractivity contribution in [2.24, 2.45) is 11.7 Å². The maximum absolute atomic E-state index is 12.3. The fourth-order valence-electron chi connectivity index (χ4n) is 2.55. The van der Waals surface area contributed by atoms with Crippen LogP contribution < -0.4 is 5.73 Å². The molecule has 1 aromatic rings. The number of likely N-dealkylation sites (tertiary alicyclic amines) is 1. The quantitative estimate of drug-likeness (QED) is 0.874. The lowest BCUT2D eigenvalue weighted by atomic mass is 10.0. The summed E-state index contributed by atoms with van der Waals surface area (Å²) < 4.78 is 5.81. The van der Waals surface area contributed by atoms with Crippen molar-refractivity contribution in [3.63, 3.8) is 0 Å². The Balaban J connectivity index is 0.00000242. The summed E-state index contributed by atoms with van der Waals surface area (Å²) in [5, 5.41) is 0. The maximum atomic E-state index is 12.3. The SMILES string of the molecule is CC(C)COC1CCN(C(=O)CC(N)c2ccccc2)C1.Cl. The Hall–Kier alpha value is -1.10. The minimum absolute atomic E-state index is 0. The molecule has 4 nitrogen and oxygen atoms in total. The van der Waals surface area contributed by atoms with E-state index in [9.17, 15) is 4.79 Å². The van der Waals surface area contributed by atoms with Gasteiger partial charge < -0.3 is 15.4 Å². The Morgan fingerprint density at radius 3 is 2.68 bits per heavy atom. The molecule has 1 aromatic carbocycles. The van der Waals surface area contributed by atoms with E-state index in [0.717, 1.165) is 25.1 Å². The molecule has 1 aliphatic rings. The summed E-state index contributed by atoms with van der Waals surface area (Å²) >= 11 is 0. The molecule has 1 aliphatic heterocycles. The molecule has 0 bridgehead atoms. The third kappa shape index (κ3) is 5.59. The van der Waals surface area contributed by atoms with E-state index in [0.29, 0.717) is 18.9 Å². The number of hydrogen-bond acceptors (Lipinski definition) is 3. The van der Waals surface area contributed by atoms with E-state index in [4.69, 9.17) is 10.5 Å². The van der Waals surface area contributed by atoms with Crippen LogP contribution in [0.15, 0.2) is 30.3 Å². The van der Waals surface area contributed by atoms with Crippen LogP contribution in [0, 0.1) is 5.92 Å². The molecule has 0 aromatic heterocycles. The zero-order valence-electron chi connectivity index (χ0n) is 13.4. The van der Waals surface area contributed by atoms with Crippen LogP contribution in [0.1, 0.15) is 38.3 Å². The number of halogens is 1. The minimum Gasteiger partial charge on any atom is -0.376 e. The highest BCUT2D eigenvalue weighted by molar-refractivity contribution is 5.85. The van der Waals surface area contributed by atoms with Gasteiger partial charge in [0.15, 0.2) is 0 Å². The van der Waals surface area contributed by atoms with E-state index in [1.165, 1.54) is 0 Å². The molecule has 1 saturated heterocycles. The molecule has 1 heterocycles. The molecule has 2 atom stereocenters. The predicted molar refractivity (Wildman–Crippen MR) is 91.0 cm³/mol. The third-order valence-electron chi connectivity index (χ3n) is 3.79. The van der Waals surface area contributed by atoms with Crippen LogP contribution in [0.2, 0.25) is 0 Å². The number of nitrogens with two attached hydrogens (primary N) is 1. The molecular weight excluding hydrogens is 300 g/mol. The summed E-state index contributed by atoms with van der Waals surface area (Å²) in [6.07, 6.45) is 1.48. The lowest BCUT2D eigenvalue weighted by molar-refractivity contribution is -0.131.